The molecule has 0 bridgehead atoms. The van der Waals surface area contributed by atoms with Gasteiger partial charge in [0.25, 0.3) is 0 Å². The molecule has 0 radical (unpaired) electrons. The van der Waals surface area contributed by atoms with E-state index in [4.69, 9.17) is 10.5 Å². The summed E-state index contributed by atoms with van der Waals surface area (Å²) in [6, 6.07) is -0.290. The van der Waals surface area contributed by atoms with Gasteiger partial charge in [0.15, 0.2) is 10.6 Å². The van der Waals surface area contributed by atoms with Crippen molar-refractivity contribution < 1.29 is 14.3 Å². The molecular weight excluding hydrogens is 370 g/mol. The third kappa shape index (κ3) is 4.73. The first-order valence-corrected chi connectivity index (χ1v) is 9.47. The van der Waals surface area contributed by atoms with Crippen LogP contribution in [-0.2, 0) is 9.53 Å². The van der Waals surface area contributed by atoms with Gasteiger partial charge in [0.1, 0.15) is 17.7 Å². The summed E-state index contributed by atoms with van der Waals surface area (Å²) in [6.07, 6.45) is 0. The fourth-order valence-corrected chi connectivity index (χ4v) is 3.40. The number of carbonyl (C=O) groups excluding carboxylic acids is 2. The maximum Gasteiger partial charge on any atom is 0.325 e. The molecule has 146 valence electrons. The van der Waals surface area contributed by atoms with E-state index in [1.54, 1.807) is 31.2 Å². The van der Waals surface area contributed by atoms with Crippen LogP contribution in [0.1, 0.15) is 20.8 Å². The molecule has 0 atom stereocenters. The molecule has 1 aliphatic rings. The first-order valence-electron chi connectivity index (χ1n) is 8.59. The number of hydrogen-bond acceptors (Lipinski definition) is 9. The minimum absolute atomic E-state index is 0.155. The second-order valence-electron chi connectivity index (χ2n) is 7.13. The van der Waals surface area contributed by atoms with E-state index in [2.05, 4.69) is 20.3 Å². The van der Waals surface area contributed by atoms with Crippen molar-refractivity contribution in [2.45, 2.75) is 26.4 Å². The monoisotopic (exact) mass is 393 g/mol. The van der Waals surface area contributed by atoms with Gasteiger partial charge in [-0.15, -0.1) is 11.3 Å². The Labute approximate surface area is 160 Å². The highest BCUT2D eigenvalue weighted by Crippen LogP contribution is 2.26. The minimum Gasteiger partial charge on any atom is -0.459 e. The van der Waals surface area contributed by atoms with Crippen molar-refractivity contribution in [1.29, 1.82) is 0 Å². The van der Waals surface area contributed by atoms with Gasteiger partial charge in [-0.2, -0.15) is 4.98 Å². The third-order valence-corrected chi connectivity index (χ3v) is 4.59. The van der Waals surface area contributed by atoms with E-state index in [0.29, 0.717) is 32.0 Å². The number of aromatic nitrogens is 3. The lowest BCUT2D eigenvalue weighted by molar-refractivity contribution is -0.153. The molecule has 10 nitrogen and oxygen atoms in total. The molecule has 3 heterocycles. The number of piperazine rings is 1. The molecule has 1 saturated heterocycles. The van der Waals surface area contributed by atoms with Crippen LogP contribution in [0.3, 0.4) is 0 Å². The van der Waals surface area contributed by atoms with Crippen molar-refractivity contribution in [3.63, 3.8) is 0 Å². The van der Waals surface area contributed by atoms with E-state index in [9.17, 15) is 9.59 Å². The van der Waals surface area contributed by atoms with E-state index >= 15 is 0 Å². The quantitative estimate of drug-likeness (QED) is 0.735. The summed E-state index contributed by atoms with van der Waals surface area (Å²) in [5.74, 6) is 0.434. The number of nitrogens with zero attached hydrogens (tertiary/aromatic N) is 5. The van der Waals surface area contributed by atoms with Crippen molar-refractivity contribution in [3.05, 3.63) is 5.51 Å². The van der Waals surface area contributed by atoms with Crippen molar-refractivity contribution in [2.24, 2.45) is 0 Å². The number of rotatable bonds is 3. The molecule has 2 aromatic heterocycles. The van der Waals surface area contributed by atoms with Gasteiger partial charge in [-0.05, 0) is 20.8 Å². The fraction of sp³-hybridized carbons (Fsp3) is 0.562. The molecule has 1 aliphatic heterocycles. The number of hydrogen-bond donors (Lipinski definition) is 2. The average molecular weight is 393 g/mol. The van der Waals surface area contributed by atoms with Crippen LogP contribution in [0, 0.1) is 0 Å². The SMILES string of the molecule is CC(C)(C)OC(=O)CNC(=O)N1CCN(c2nc(N)nc3scnc23)CC1. The van der Waals surface area contributed by atoms with Crippen LogP contribution < -0.4 is 16.0 Å². The predicted molar refractivity (Wildman–Crippen MR) is 103 cm³/mol. The molecule has 0 spiro atoms. The van der Waals surface area contributed by atoms with Crippen LogP contribution in [0.5, 0.6) is 0 Å². The zero-order valence-electron chi connectivity index (χ0n) is 15.6. The summed E-state index contributed by atoms with van der Waals surface area (Å²) in [4.78, 5) is 41.2. The molecule has 0 aliphatic carbocycles. The highest BCUT2D eigenvalue weighted by atomic mass is 32.1. The van der Waals surface area contributed by atoms with Gasteiger partial charge in [0.05, 0.1) is 5.51 Å². The molecule has 2 aromatic rings. The van der Waals surface area contributed by atoms with Gasteiger partial charge in [0.2, 0.25) is 5.95 Å². The number of nitrogens with two attached hydrogens (primary N) is 1. The number of nitrogen functional groups attached to an aromatic ring is 1. The van der Waals surface area contributed by atoms with Gasteiger partial charge < -0.3 is 25.6 Å². The average Bonchev–Trinajstić information content (AvgIpc) is 3.06. The summed E-state index contributed by atoms with van der Waals surface area (Å²) in [7, 11) is 0. The molecular formula is C16H23N7O3S. The Morgan fingerprint density at radius 1 is 1.26 bits per heavy atom. The lowest BCUT2D eigenvalue weighted by Gasteiger charge is -2.35. The van der Waals surface area contributed by atoms with E-state index in [0.717, 1.165) is 10.3 Å². The van der Waals surface area contributed by atoms with Gasteiger partial charge in [-0.25, -0.2) is 14.8 Å². The Balaban J connectivity index is 1.55. The molecule has 0 aromatic carbocycles. The molecule has 0 unspecified atom stereocenters. The normalized spacial score (nSPS) is 15.1. The summed E-state index contributed by atoms with van der Waals surface area (Å²) >= 11 is 1.41. The number of nitrogens with one attached hydrogen (secondary N) is 1. The molecule has 2 amide bonds. The van der Waals surface area contributed by atoms with Crippen molar-refractivity contribution in [2.75, 3.05) is 43.4 Å². The maximum atomic E-state index is 12.3. The van der Waals surface area contributed by atoms with Crippen LogP contribution in [0.15, 0.2) is 5.51 Å². The largest absolute Gasteiger partial charge is 0.459 e. The Kier molecular flexibility index (Phi) is 5.31. The number of amides is 2. The zero-order valence-corrected chi connectivity index (χ0v) is 16.4. The third-order valence-electron chi connectivity index (χ3n) is 3.87. The number of urea groups is 1. The predicted octanol–water partition coefficient (Wildman–Crippen LogP) is 0.842. The Morgan fingerprint density at radius 3 is 2.63 bits per heavy atom. The van der Waals surface area contributed by atoms with Crippen LogP contribution in [0.2, 0.25) is 0 Å². The van der Waals surface area contributed by atoms with Crippen LogP contribution in [-0.4, -0.2) is 70.2 Å². The van der Waals surface area contributed by atoms with E-state index in [1.165, 1.54) is 11.3 Å². The Hall–Kier alpha value is -2.69. The number of ether oxygens (including phenoxy) is 1. The molecule has 27 heavy (non-hydrogen) atoms. The molecule has 3 rings (SSSR count). The topological polar surface area (TPSA) is 127 Å². The second kappa shape index (κ2) is 7.51. The highest BCUT2D eigenvalue weighted by Gasteiger charge is 2.25. The smallest absolute Gasteiger partial charge is 0.325 e. The standard InChI is InChI=1S/C16H23N7O3S/c1-16(2,3)26-10(24)8-18-15(25)23-6-4-22(5-7-23)12-11-13(27-9-19-11)21-14(17)20-12/h9H,4-8H2,1-3H3,(H,18,25)(H2,17,20,21). The van der Waals surface area contributed by atoms with Crippen molar-refractivity contribution in [3.8, 4) is 0 Å². The lowest BCUT2D eigenvalue weighted by atomic mass is 10.2. The molecule has 0 saturated carbocycles. The minimum atomic E-state index is -0.576. The maximum absolute atomic E-state index is 12.3. The number of anilines is 2. The van der Waals surface area contributed by atoms with Crippen LogP contribution in [0.25, 0.3) is 10.3 Å². The van der Waals surface area contributed by atoms with E-state index < -0.39 is 11.6 Å². The highest BCUT2D eigenvalue weighted by molar-refractivity contribution is 7.16. The summed E-state index contributed by atoms with van der Waals surface area (Å²) < 4.78 is 5.18. The number of fused-ring (bicyclic) bond motifs is 1. The second-order valence-corrected chi connectivity index (χ2v) is 7.96. The first kappa shape index (κ1) is 19.1. The summed E-state index contributed by atoms with van der Waals surface area (Å²) in [6.45, 7) is 7.36. The number of carbonyl (C=O) groups is 2. The molecule has 3 N–H and O–H groups in total. The van der Waals surface area contributed by atoms with E-state index in [-0.39, 0.29) is 18.5 Å². The van der Waals surface area contributed by atoms with Gasteiger partial charge in [0, 0.05) is 26.2 Å². The van der Waals surface area contributed by atoms with E-state index in [1.807, 2.05) is 4.90 Å². The number of thiazole rings is 1. The summed E-state index contributed by atoms with van der Waals surface area (Å²) in [5.41, 5.74) is 7.64. The number of esters is 1. The van der Waals surface area contributed by atoms with Crippen molar-refractivity contribution >= 4 is 45.5 Å². The van der Waals surface area contributed by atoms with Crippen molar-refractivity contribution in [1.82, 2.24) is 25.2 Å². The lowest BCUT2D eigenvalue weighted by Crippen LogP contribution is -2.53. The Morgan fingerprint density at radius 2 is 1.96 bits per heavy atom. The van der Waals surface area contributed by atoms with Gasteiger partial charge >= 0.3 is 12.0 Å². The molecule has 11 heteroatoms. The zero-order chi connectivity index (χ0) is 19.6. The first-order chi connectivity index (χ1) is 12.7. The van der Waals surface area contributed by atoms with Crippen LogP contribution in [0.4, 0.5) is 16.6 Å². The van der Waals surface area contributed by atoms with Gasteiger partial charge in [-0.3, -0.25) is 4.79 Å². The van der Waals surface area contributed by atoms with Crippen LogP contribution >= 0.6 is 11.3 Å². The van der Waals surface area contributed by atoms with Gasteiger partial charge in [-0.1, -0.05) is 0 Å². The fourth-order valence-electron chi connectivity index (χ4n) is 2.74. The molecule has 1 fully saturated rings. The summed E-state index contributed by atoms with van der Waals surface area (Å²) in [5, 5.41) is 2.60. The Bertz CT molecular complexity index is 840.